The molecule has 4 bridgehead atoms. The van der Waals surface area contributed by atoms with Crippen molar-refractivity contribution >= 4 is 32.3 Å². The highest BCUT2D eigenvalue weighted by Crippen LogP contribution is 2.40. The van der Waals surface area contributed by atoms with E-state index < -0.39 is 0 Å². The van der Waals surface area contributed by atoms with Gasteiger partial charge in [-0.25, -0.2) is 0 Å². The predicted molar refractivity (Wildman–Crippen MR) is 111 cm³/mol. The minimum Gasteiger partial charge on any atom is -0.493 e. The molecule has 0 atom stereocenters. The molecule has 0 saturated heterocycles. The van der Waals surface area contributed by atoms with Crippen molar-refractivity contribution in [2.45, 2.75) is 27.2 Å². The molecule has 0 heterocycles. The largest absolute Gasteiger partial charge is 0.493 e. The van der Waals surface area contributed by atoms with E-state index in [4.69, 9.17) is 9.47 Å². The molecule has 132 valence electrons. The number of hydrogen-bond donors (Lipinski definition) is 0. The van der Waals surface area contributed by atoms with Crippen LogP contribution < -0.4 is 9.47 Å². The van der Waals surface area contributed by atoms with Gasteiger partial charge >= 0.3 is 0 Å². The fourth-order valence-corrected chi connectivity index (χ4v) is 3.87. The van der Waals surface area contributed by atoms with Crippen LogP contribution in [0.2, 0.25) is 0 Å². The Bertz CT molecular complexity index is 1100. The van der Waals surface area contributed by atoms with Crippen molar-refractivity contribution in [3.63, 3.8) is 0 Å². The van der Waals surface area contributed by atoms with Gasteiger partial charge in [-0.1, -0.05) is 43.3 Å². The summed E-state index contributed by atoms with van der Waals surface area (Å²) in [5, 5.41) is 7.20. The first kappa shape index (κ1) is 16.7. The molecule has 0 saturated carbocycles. The summed E-state index contributed by atoms with van der Waals surface area (Å²) in [6.07, 6.45) is 0.938. The summed E-state index contributed by atoms with van der Waals surface area (Å²) in [7, 11) is 0. The molecule has 4 aromatic rings. The Labute approximate surface area is 154 Å². The lowest BCUT2D eigenvalue weighted by atomic mass is 9.96. The van der Waals surface area contributed by atoms with E-state index in [9.17, 15) is 0 Å². The standard InChI is InChI=1S/C24H24O2/c1-4-19-17-9-7-16-8-10-18-12-14-22(26-6-3)24(20(18)15-16)23(19)21(13-11-17)25-5-2/h7-15H,4-6H2,1-3H3. The van der Waals surface area contributed by atoms with Gasteiger partial charge in [-0.15, -0.1) is 0 Å². The molecule has 0 fully saturated rings. The van der Waals surface area contributed by atoms with Crippen LogP contribution in [0.5, 0.6) is 11.5 Å². The summed E-state index contributed by atoms with van der Waals surface area (Å²) in [5.74, 6) is 1.86. The minimum atomic E-state index is 0.640. The highest BCUT2D eigenvalue weighted by molar-refractivity contribution is 6.14. The number of ether oxygens (including phenoxy) is 2. The number of hydrogen-bond acceptors (Lipinski definition) is 2. The van der Waals surface area contributed by atoms with Crippen LogP contribution in [0.15, 0.2) is 54.6 Å². The van der Waals surface area contributed by atoms with Crippen LogP contribution in [-0.2, 0) is 6.42 Å². The van der Waals surface area contributed by atoms with Crippen LogP contribution in [-0.4, -0.2) is 13.2 Å². The van der Waals surface area contributed by atoms with Gasteiger partial charge in [-0.3, -0.25) is 0 Å². The lowest BCUT2D eigenvalue weighted by Crippen LogP contribution is -1.97. The number of aryl methyl sites for hydroxylation is 1. The Balaban J connectivity index is 2.34. The zero-order valence-electron chi connectivity index (χ0n) is 15.6. The van der Waals surface area contributed by atoms with Gasteiger partial charge in [0.2, 0.25) is 0 Å². The van der Waals surface area contributed by atoms with Crippen molar-refractivity contribution in [3.05, 3.63) is 60.2 Å². The fraction of sp³-hybridized carbons (Fsp3) is 0.250. The summed E-state index contributed by atoms with van der Waals surface area (Å²) in [6, 6.07) is 19.5. The maximum atomic E-state index is 6.06. The van der Waals surface area contributed by atoms with Gasteiger partial charge in [0.05, 0.1) is 13.2 Å². The molecule has 4 aromatic carbocycles. The van der Waals surface area contributed by atoms with Gasteiger partial charge in [-0.05, 0) is 65.6 Å². The van der Waals surface area contributed by atoms with E-state index in [1.54, 1.807) is 0 Å². The molecule has 0 aliphatic rings. The number of fused-ring (bicyclic) bond motifs is 4. The molecule has 0 spiro atoms. The van der Waals surface area contributed by atoms with Crippen LogP contribution in [0.1, 0.15) is 26.3 Å². The molecule has 4 rings (SSSR count). The highest BCUT2D eigenvalue weighted by Gasteiger charge is 2.14. The summed E-state index contributed by atoms with van der Waals surface area (Å²) >= 11 is 0. The van der Waals surface area contributed by atoms with Crippen LogP contribution in [0.4, 0.5) is 0 Å². The van der Waals surface area contributed by atoms with E-state index in [1.165, 1.54) is 32.5 Å². The fourth-order valence-electron chi connectivity index (χ4n) is 3.87. The lowest BCUT2D eigenvalue weighted by molar-refractivity contribution is 0.341. The SMILES string of the molecule is CCOc1ccc2ccc3ccc4ccc(OCC)c(c1c2CC)c4c3. The highest BCUT2D eigenvalue weighted by atomic mass is 16.5. The summed E-state index contributed by atoms with van der Waals surface area (Å²) in [6.45, 7) is 7.56. The molecular weight excluding hydrogens is 320 g/mol. The zero-order chi connectivity index (χ0) is 18.1. The Kier molecular flexibility index (Phi) is 4.42. The van der Waals surface area contributed by atoms with Crippen molar-refractivity contribution in [1.82, 2.24) is 0 Å². The molecule has 0 unspecified atom stereocenters. The van der Waals surface area contributed by atoms with Gasteiger partial charge in [0, 0.05) is 10.8 Å². The third-order valence-electron chi connectivity index (χ3n) is 4.98. The number of benzene rings is 3. The Morgan fingerprint density at radius 3 is 1.88 bits per heavy atom. The molecule has 26 heavy (non-hydrogen) atoms. The third-order valence-corrected chi connectivity index (χ3v) is 4.98. The number of rotatable bonds is 5. The summed E-state index contributed by atoms with van der Waals surface area (Å²) in [5.41, 5.74) is 1.31. The monoisotopic (exact) mass is 344 g/mol. The Morgan fingerprint density at radius 2 is 1.23 bits per heavy atom. The van der Waals surface area contributed by atoms with Gasteiger partial charge < -0.3 is 9.47 Å². The molecule has 0 aromatic heterocycles. The van der Waals surface area contributed by atoms with Crippen LogP contribution in [0.25, 0.3) is 32.3 Å². The molecule has 0 radical (unpaired) electrons. The second-order valence-electron chi connectivity index (χ2n) is 6.48. The van der Waals surface area contributed by atoms with Crippen molar-refractivity contribution in [3.8, 4) is 11.5 Å². The first-order valence-electron chi connectivity index (χ1n) is 9.43. The molecular formula is C24H24O2. The van der Waals surface area contributed by atoms with Crippen molar-refractivity contribution in [2.75, 3.05) is 13.2 Å². The maximum Gasteiger partial charge on any atom is 0.127 e. The first-order valence-corrected chi connectivity index (χ1v) is 9.43. The smallest absolute Gasteiger partial charge is 0.127 e. The predicted octanol–water partition coefficient (Wildman–Crippen LogP) is 6.51. The van der Waals surface area contributed by atoms with Crippen molar-refractivity contribution < 1.29 is 9.47 Å². The average Bonchev–Trinajstić information content (AvgIpc) is 2.70. The van der Waals surface area contributed by atoms with Gasteiger partial charge in [-0.2, -0.15) is 0 Å². The molecule has 2 heteroatoms. The van der Waals surface area contributed by atoms with E-state index in [0.29, 0.717) is 13.2 Å². The summed E-state index contributed by atoms with van der Waals surface area (Å²) in [4.78, 5) is 0. The van der Waals surface area contributed by atoms with Gasteiger partial charge in [0.25, 0.3) is 0 Å². The van der Waals surface area contributed by atoms with E-state index >= 15 is 0 Å². The van der Waals surface area contributed by atoms with Gasteiger partial charge in [0.15, 0.2) is 0 Å². The van der Waals surface area contributed by atoms with E-state index in [-0.39, 0.29) is 0 Å². The van der Waals surface area contributed by atoms with E-state index in [0.717, 1.165) is 23.3 Å². The van der Waals surface area contributed by atoms with Crippen molar-refractivity contribution in [2.24, 2.45) is 0 Å². The lowest BCUT2D eigenvalue weighted by Gasteiger charge is -2.15. The zero-order valence-corrected chi connectivity index (χ0v) is 15.6. The molecule has 0 N–H and O–H groups in total. The Hall–Kier alpha value is -2.74. The quantitative estimate of drug-likeness (QED) is 0.411. The Morgan fingerprint density at radius 1 is 0.654 bits per heavy atom. The molecule has 0 amide bonds. The van der Waals surface area contributed by atoms with E-state index in [2.05, 4.69) is 61.5 Å². The normalized spacial score (nSPS) is 11.3. The minimum absolute atomic E-state index is 0.640. The molecule has 2 nitrogen and oxygen atoms in total. The van der Waals surface area contributed by atoms with Crippen molar-refractivity contribution in [1.29, 1.82) is 0 Å². The summed E-state index contributed by atoms with van der Waals surface area (Å²) < 4.78 is 12.1. The van der Waals surface area contributed by atoms with Crippen LogP contribution in [0.3, 0.4) is 0 Å². The molecule has 0 aliphatic carbocycles. The second kappa shape index (κ2) is 6.87. The van der Waals surface area contributed by atoms with Crippen LogP contribution in [0, 0.1) is 0 Å². The van der Waals surface area contributed by atoms with E-state index in [1.807, 2.05) is 13.8 Å². The topological polar surface area (TPSA) is 18.5 Å². The second-order valence-corrected chi connectivity index (χ2v) is 6.48. The van der Waals surface area contributed by atoms with Crippen LogP contribution >= 0.6 is 0 Å². The third kappa shape index (κ3) is 2.66. The molecule has 0 aliphatic heterocycles. The van der Waals surface area contributed by atoms with Gasteiger partial charge in [0.1, 0.15) is 11.5 Å². The maximum absolute atomic E-state index is 6.06. The average molecular weight is 344 g/mol. The first-order chi connectivity index (χ1) is 12.8.